The van der Waals surface area contributed by atoms with Gasteiger partial charge in [-0.3, -0.25) is 0 Å². The fourth-order valence-electron chi connectivity index (χ4n) is 1.15. The zero-order valence-electron chi connectivity index (χ0n) is 9.50. The molecular formula is C10H20F3N. The van der Waals surface area contributed by atoms with Crippen LogP contribution < -0.4 is 5.32 Å². The summed E-state index contributed by atoms with van der Waals surface area (Å²) in [5, 5.41) is 2.66. The summed E-state index contributed by atoms with van der Waals surface area (Å²) >= 11 is 0. The highest BCUT2D eigenvalue weighted by molar-refractivity contribution is 4.86. The van der Waals surface area contributed by atoms with Crippen molar-refractivity contribution >= 4 is 0 Å². The minimum absolute atomic E-state index is 0.444. The molecule has 0 aromatic heterocycles. The van der Waals surface area contributed by atoms with E-state index in [2.05, 4.69) is 5.32 Å². The first-order valence-corrected chi connectivity index (χ1v) is 4.94. The van der Waals surface area contributed by atoms with Crippen molar-refractivity contribution in [1.82, 2.24) is 5.32 Å². The van der Waals surface area contributed by atoms with Crippen LogP contribution in [0.2, 0.25) is 0 Å². The van der Waals surface area contributed by atoms with Crippen molar-refractivity contribution in [3.05, 3.63) is 0 Å². The normalized spacial score (nSPS) is 16.1. The Hall–Kier alpha value is -0.250. The molecular weight excluding hydrogens is 191 g/mol. The van der Waals surface area contributed by atoms with Crippen LogP contribution in [0.25, 0.3) is 0 Å². The van der Waals surface area contributed by atoms with Crippen molar-refractivity contribution in [3.63, 3.8) is 0 Å². The van der Waals surface area contributed by atoms with E-state index in [0.29, 0.717) is 6.42 Å². The van der Waals surface area contributed by atoms with Crippen LogP contribution in [-0.2, 0) is 0 Å². The molecule has 0 saturated carbocycles. The minimum atomic E-state index is -4.17. The van der Waals surface area contributed by atoms with Gasteiger partial charge in [-0.1, -0.05) is 20.8 Å². The van der Waals surface area contributed by atoms with E-state index in [1.807, 2.05) is 6.92 Å². The van der Waals surface area contributed by atoms with Gasteiger partial charge in [-0.2, -0.15) is 13.2 Å². The molecule has 1 N–H and O–H groups in total. The Morgan fingerprint density at radius 3 is 1.79 bits per heavy atom. The van der Waals surface area contributed by atoms with Crippen LogP contribution in [0.4, 0.5) is 13.2 Å². The first-order valence-electron chi connectivity index (χ1n) is 4.94. The zero-order valence-corrected chi connectivity index (χ0v) is 9.50. The number of rotatable bonds is 4. The van der Waals surface area contributed by atoms with Crippen molar-refractivity contribution in [1.29, 1.82) is 0 Å². The molecule has 86 valence electrons. The summed E-state index contributed by atoms with van der Waals surface area (Å²) < 4.78 is 37.7. The lowest BCUT2D eigenvalue weighted by Crippen LogP contribution is -2.54. The Bertz CT molecular complexity index is 173. The van der Waals surface area contributed by atoms with E-state index in [9.17, 15) is 13.2 Å². The summed E-state index contributed by atoms with van der Waals surface area (Å²) in [5.74, 6) is -0.444. The van der Waals surface area contributed by atoms with Gasteiger partial charge < -0.3 is 5.32 Å². The van der Waals surface area contributed by atoms with Gasteiger partial charge in [-0.25, -0.2) is 0 Å². The molecule has 0 fully saturated rings. The third-order valence-corrected chi connectivity index (χ3v) is 2.45. The Morgan fingerprint density at radius 1 is 1.14 bits per heavy atom. The Kier molecular flexibility index (Phi) is 4.43. The third-order valence-electron chi connectivity index (χ3n) is 2.45. The average Bonchev–Trinajstić information content (AvgIpc) is 1.98. The summed E-state index contributed by atoms with van der Waals surface area (Å²) in [7, 11) is 0. The molecule has 0 radical (unpaired) electrons. The van der Waals surface area contributed by atoms with Gasteiger partial charge in [-0.05, 0) is 26.2 Å². The highest BCUT2D eigenvalue weighted by Gasteiger charge is 2.43. The molecule has 0 bridgehead atoms. The van der Waals surface area contributed by atoms with Crippen molar-refractivity contribution in [2.75, 3.05) is 0 Å². The monoisotopic (exact) mass is 211 g/mol. The van der Waals surface area contributed by atoms with Crippen molar-refractivity contribution in [3.8, 4) is 0 Å². The Labute approximate surface area is 84.1 Å². The van der Waals surface area contributed by atoms with Crippen LogP contribution in [0, 0.1) is 5.92 Å². The molecule has 4 heteroatoms. The first kappa shape index (κ1) is 13.8. The number of halogens is 3. The Morgan fingerprint density at radius 2 is 1.57 bits per heavy atom. The number of nitrogens with one attached hydrogen (secondary N) is 1. The molecule has 0 rings (SSSR count). The smallest absolute Gasteiger partial charge is 0.301 e. The topological polar surface area (TPSA) is 12.0 Å². The second-order valence-electron chi connectivity index (χ2n) is 4.65. The summed E-state index contributed by atoms with van der Waals surface area (Å²) in [6.07, 6.45) is -3.49. The maximum Gasteiger partial charge on any atom is 0.404 e. The highest BCUT2D eigenvalue weighted by Crippen LogP contribution is 2.27. The van der Waals surface area contributed by atoms with E-state index in [1.54, 1.807) is 27.7 Å². The molecule has 0 aliphatic heterocycles. The predicted octanol–water partition coefficient (Wildman–Crippen LogP) is 3.35. The van der Waals surface area contributed by atoms with Gasteiger partial charge in [0.1, 0.15) is 6.04 Å². The van der Waals surface area contributed by atoms with E-state index < -0.39 is 23.7 Å². The van der Waals surface area contributed by atoms with Gasteiger partial charge in [0.05, 0.1) is 0 Å². The fourth-order valence-corrected chi connectivity index (χ4v) is 1.15. The van der Waals surface area contributed by atoms with Crippen LogP contribution in [0.5, 0.6) is 0 Å². The average molecular weight is 211 g/mol. The molecule has 0 unspecified atom stereocenters. The van der Waals surface area contributed by atoms with Crippen LogP contribution >= 0.6 is 0 Å². The second kappa shape index (κ2) is 4.51. The maximum atomic E-state index is 12.6. The zero-order chi connectivity index (χ0) is 11.6. The molecule has 14 heavy (non-hydrogen) atoms. The number of hydrogen-bond donors (Lipinski definition) is 1. The second-order valence-corrected chi connectivity index (χ2v) is 4.65. The largest absolute Gasteiger partial charge is 0.404 e. The molecule has 0 aliphatic rings. The molecule has 0 aliphatic carbocycles. The molecule has 0 saturated heterocycles. The summed E-state index contributed by atoms with van der Waals surface area (Å²) in [6.45, 7) is 8.61. The van der Waals surface area contributed by atoms with Crippen molar-refractivity contribution in [2.45, 2.75) is 58.8 Å². The molecule has 0 aromatic rings. The lowest BCUT2D eigenvalue weighted by atomic mass is 9.96. The van der Waals surface area contributed by atoms with Crippen LogP contribution in [-0.4, -0.2) is 17.8 Å². The molecule has 0 heterocycles. The molecule has 0 amide bonds. The lowest BCUT2D eigenvalue weighted by molar-refractivity contribution is -0.169. The minimum Gasteiger partial charge on any atom is -0.301 e. The van der Waals surface area contributed by atoms with Gasteiger partial charge in [0.15, 0.2) is 0 Å². The van der Waals surface area contributed by atoms with Crippen molar-refractivity contribution in [2.24, 2.45) is 5.92 Å². The standard InChI is InChI=1S/C10H20F3N/c1-6-9(4,5)14-8(7(2)3)10(11,12)13/h7-8,14H,6H2,1-5H3/t8-/m1/s1. The molecule has 0 spiro atoms. The summed E-state index contributed by atoms with van der Waals surface area (Å²) in [6, 6.07) is -1.42. The van der Waals surface area contributed by atoms with E-state index in [4.69, 9.17) is 0 Å². The highest BCUT2D eigenvalue weighted by atomic mass is 19.4. The van der Waals surface area contributed by atoms with Crippen LogP contribution in [0.15, 0.2) is 0 Å². The number of hydrogen-bond acceptors (Lipinski definition) is 1. The van der Waals surface area contributed by atoms with E-state index in [-0.39, 0.29) is 0 Å². The first-order chi connectivity index (χ1) is 6.10. The lowest BCUT2D eigenvalue weighted by Gasteiger charge is -2.34. The van der Waals surface area contributed by atoms with E-state index in [0.717, 1.165) is 0 Å². The quantitative estimate of drug-likeness (QED) is 0.752. The van der Waals surface area contributed by atoms with Crippen LogP contribution in [0.3, 0.4) is 0 Å². The molecule has 1 nitrogen and oxygen atoms in total. The molecule has 1 atom stereocenters. The van der Waals surface area contributed by atoms with Gasteiger partial charge in [-0.15, -0.1) is 0 Å². The SMILES string of the molecule is CCC(C)(C)N[C@H](C(C)C)C(F)(F)F. The maximum absolute atomic E-state index is 12.6. The predicted molar refractivity (Wildman–Crippen MR) is 52.2 cm³/mol. The van der Waals surface area contributed by atoms with Crippen molar-refractivity contribution < 1.29 is 13.2 Å². The van der Waals surface area contributed by atoms with Crippen LogP contribution in [0.1, 0.15) is 41.0 Å². The summed E-state index contributed by atoms with van der Waals surface area (Å²) in [4.78, 5) is 0. The van der Waals surface area contributed by atoms with E-state index in [1.165, 1.54) is 0 Å². The summed E-state index contributed by atoms with van der Waals surface area (Å²) in [5.41, 5.74) is -0.468. The Balaban J connectivity index is 4.55. The van der Waals surface area contributed by atoms with Gasteiger partial charge in [0.25, 0.3) is 0 Å². The van der Waals surface area contributed by atoms with Gasteiger partial charge >= 0.3 is 6.18 Å². The molecule has 0 aromatic carbocycles. The van der Waals surface area contributed by atoms with E-state index >= 15 is 0 Å². The van der Waals surface area contributed by atoms with Gasteiger partial charge in [0, 0.05) is 5.54 Å². The third kappa shape index (κ3) is 4.31. The van der Waals surface area contributed by atoms with Gasteiger partial charge in [0.2, 0.25) is 0 Å². The number of alkyl halides is 3. The fraction of sp³-hybridized carbons (Fsp3) is 1.00.